The molecule has 0 bridgehead atoms. The van der Waals surface area contributed by atoms with E-state index in [0.29, 0.717) is 16.6 Å². The first kappa shape index (κ1) is 16.5. The monoisotopic (exact) mass is 407 g/mol. The van der Waals surface area contributed by atoms with Gasteiger partial charge in [-0.2, -0.15) is 8.42 Å². The highest BCUT2D eigenvalue weighted by Gasteiger charge is 2.13. The molecule has 0 aliphatic heterocycles. The molecule has 0 aliphatic carbocycles. The van der Waals surface area contributed by atoms with E-state index in [1.807, 2.05) is 0 Å². The summed E-state index contributed by atoms with van der Waals surface area (Å²) in [6.45, 7) is 0. The summed E-state index contributed by atoms with van der Waals surface area (Å²) >= 11 is 3.26. The number of aromatic nitrogens is 1. The van der Waals surface area contributed by atoms with Gasteiger partial charge in [0.15, 0.2) is 5.82 Å². The van der Waals surface area contributed by atoms with Gasteiger partial charge >= 0.3 is 0 Å². The first-order valence-electron chi connectivity index (χ1n) is 6.61. The lowest BCUT2D eigenvalue weighted by atomic mass is 10.1. The molecule has 1 heterocycles. The smallest absolute Gasteiger partial charge is 0.294 e. The third kappa shape index (κ3) is 3.42. The predicted octanol–water partition coefficient (Wildman–Crippen LogP) is 4.37. The third-order valence-electron chi connectivity index (χ3n) is 3.20. The Balaban J connectivity index is 2.10. The lowest BCUT2D eigenvalue weighted by Gasteiger charge is -2.05. The fourth-order valence-electron chi connectivity index (χ4n) is 2.07. The molecule has 2 N–H and O–H groups in total. The summed E-state index contributed by atoms with van der Waals surface area (Å²) in [6, 6.07) is 10.3. The van der Waals surface area contributed by atoms with Crippen molar-refractivity contribution in [3.05, 3.63) is 53.1 Å². The molecule has 0 spiro atoms. The third-order valence-corrected chi connectivity index (χ3v) is 4.52. The van der Waals surface area contributed by atoms with Crippen molar-refractivity contribution >= 4 is 48.3 Å². The van der Waals surface area contributed by atoms with Gasteiger partial charge in [-0.1, -0.05) is 12.1 Å². The average molecular weight is 408 g/mol. The van der Waals surface area contributed by atoms with E-state index in [0.717, 1.165) is 4.47 Å². The number of phenolic OH excluding ortho intramolecular Hbond substituents is 1. The van der Waals surface area contributed by atoms with E-state index in [1.54, 1.807) is 18.3 Å². The SMILES string of the molecule is O=S(=O)(O)c1ccc2c(N=Nc3ccc(Br)cn3)c(O)ccc2c1. The maximum Gasteiger partial charge on any atom is 0.294 e. The number of aromatic hydroxyl groups is 1. The molecule has 0 amide bonds. The van der Waals surface area contributed by atoms with E-state index in [2.05, 4.69) is 31.1 Å². The molecule has 24 heavy (non-hydrogen) atoms. The zero-order valence-corrected chi connectivity index (χ0v) is 14.4. The van der Waals surface area contributed by atoms with Crippen LogP contribution in [-0.2, 0) is 10.1 Å². The van der Waals surface area contributed by atoms with Gasteiger partial charge in [0.2, 0.25) is 0 Å². The van der Waals surface area contributed by atoms with E-state index in [1.165, 1.54) is 30.3 Å². The second-order valence-electron chi connectivity index (χ2n) is 4.83. The van der Waals surface area contributed by atoms with Gasteiger partial charge in [0, 0.05) is 16.1 Å². The highest BCUT2D eigenvalue weighted by atomic mass is 79.9. The van der Waals surface area contributed by atoms with Gasteiger partial charge < -0.3 is 5.11 Å². The van der Waals surface area contributed by atoms with E-state index in [-0.39, 0.29) is 16.3 Å². The van der Waals surface area contributed by atoms with Gasteiger partial charge in [-0.3, -0.25) is 4.55 Å². The number of hydrogen-bond acceptors (Lipinski definition) is 6. The van der Waals surface area contributed by atoms with Crippen LogP contribution in [0.15, 0.2) is 68.3 Å². The fraction of sp³-hybridized carbons (Fsp3) is 0. The summed E-state index contributed by atoms with van der Waals surface area (Å²) in [5.41, 5.74) is 0.180. The van der Waals surface area contributed by atoms with Crippen molar-refractivity contribution in [2.75, 3.05) is 0 Å². The number of benzene rings is 2. The van der Waals surface area contributed by atoms with Gasteiger partial charge in [0.05, 0.1) is 4.90 Å². The summed E-state index contributed by atoms with van der Waals surface area (Å²) in [7, 11) is -4.31. The van der Waals surface area contributed by atoms with Crippen LogP contribution in [0.25, 0.3) is 10.8 Å². The zero-order valence-electron chi connectivity index (χ0n) is 12.0. The van der Waals surface area contributed by atoms with Gasteiger partial charge in [-0.15, -0.1) is 10.2 Å². The molecule has 0 saturated heterocycles. The van der Waals surface area contributed by atoms with Crippen LogP contribution in [0.2, 0.25) is 0 Å². The maximum absolute atomic E-state index is 11.2. The standard InChI is InChI=1S/C15H10BrN3O4S/c16-10-2-6-14(17-8-10)18-19-15-12-4-3-11(24(21,22)23)7-9(12)1-5-13(15)20/h1-8,20H,(H,21,22,23). The number of nitrogens with zero attached hydrogens (tertiary/aromatic N) is 3. The Labute approximate surface area is 145 Å². The second-order valence-corrected chi connectivity index (χ2v) is 7.16. The molecule has 1 aromatic heterocycles. The second kappa shape index (κ2) is 6.27. The lowest BCUT2D eigenvalue weighted by molar-refractivity contribution is 0.477. The molecule has 7 nitrogen and oxygen atoms in total. The van der Waals surface area contributed by atoms with Crippen LogP contribution in [0, 0.1) is 0 Å². The highest BCUT2D eigenvalue weighted by molar-refractivity contribution is 9.10. The minimum Gasteiger partial charge on any atom is -0.506 e. The van der Waals surface area contributed by atoms with Crippen molar-refractivity contribution in [2.45, 2.75) is 4.90 Å². The number of phenols is 1. The van der Waals surface area contributed by atoms with Crippen LogP contribution in [-0.4, -0.2) is 23.1 Å². The minimum atomic E-state index is -4.31. The van der Waals surface area contributed by atoms with Crippen molar-refractivity contribution in [1.29, 1.82) is 0 Å². The van der Waals surface area contributed by atoms with Gasteiger partial charge in [-0.25, -0.2) is 4.98 Å². The van der Waals surface area contributed by atoms with Crippen LogP contribution in [0.4, 0.5) is 11.5 Å². The summed E-state index contributed by atoms with van der Waals surface area (Å²) in [6.07, 6.45) is 1.57. The Morgan fingerprint density at radius 3 is 2.50 bits per heavy atom. The van der Waals surface area contributed by atoms with Crippen LogP contribution < -0.4 is 0 Å². The Morgan fingerprint density at radius 1 is 1.04 bits per heavy atom. The highest BCUT2D eigenvalue weighted by Crippen LogP contribution is 2.36. The molecule has 122 valence electrons. The number of halogens is 1. The number of pyridine rings is 1. The molecule has 0 radical (unpaired) electrons. The van der Waals surface area contributed by atoms with Crippen LogP contribution in [0.5, 0.6) is 5.75 Å². The van der Waals surface area contributed by atoms with E-state index in [9.17, 15) is 13.5 Å². The van der Waals surface area contributed by atoms with Gasteiger partial charge in [0.25, 0.3) is 10.1 Å². The van der Waals surface area contributed by atoms with Crippen molar-refractivity contribution in [1.82, 2.24) is 4.98 Å². The van der Waals surface area contributed by atoms with Crippen molar-refractivity contribution in [3.63, 3.8) is 0 Å². The van der Waals surface area contributed by atoms with Gasteiger partial charge in [-0.05, 0) is 51.6 Å². The van der Waals surface area contributed by atoms with Crippen molar-refractivity contribution in [2.24, 2.45) is 10.2 Å². The Morgan fingerprint density at radius 2 is 1.83 bits per heavy atom. The summed E-state index contributed by atoms with van der Waals surface area (Å²) in [5, 5.41) is 19.0. The zero-order chi connectivity index (χ0) is 17.3. The molecule has 0 atom stereocenters. The molecule has 0 aliphatic rings. The summed E-state index contributed by atoms with van der Waals surface area (Å²) in [5.74, 6) is 0.243. The van der Waals surface area contributed by atoms with Crippen LogP contribution in [0.3, 0.4) is 0 Å². The topological polar surface area (TPSA) is 112 Å². The van der Waals surface area contributed by atoms with Crippen LogP contribution in [0.1, 0.15) is 0 Å². The minimum absolute atomic E-state index is 0.108. The maximum atomic E-state index is 11.2. The first-order valence-corrected chi connectivity index (χ1v) is 8.84. The largest absolute Gasteiger partial charge is 0.506 e. The average Bonchev–Trinajstić information content (AvgIpc) is 2.54. The number of azo groups is 1. The Bertz CT molecular complexity index is 1050. The molecular weight excluding hydrogens is 398 g/mol. The molecule has 3 rings (SSSR count). The molecule has 0 fully saturated rings. The van der Waals surface area contributed by atoms with Gasteiger partial charge in [0.1, 0.15) is 11.4 Å². The molecule has 0 saturated carbocycles. The van der Waals surface area contributed by atoms with E-state index in [4.69, 9.17) is 4.55 Å². The van der Waals surface area contributed by atoms with E-state index < -0.39 is 10.1 Å². The van der Waals surface area contributed by atoms with Crippen molar-refractivity contribution in [3.8, 4) is 5.75 Å². The normalized spacial score (nSPS) is 12.1. The molecule has 2 aromatic carbocycles. The quantitative estimate of drug-likeness (QED) is 0.494. The molecule has 9 heteroatoms. The Hall–Kier alpha value is -2.36. The lowest BCUT2D eigenvalue weighted by Crippen LogP contribution is -1.97. The number of fused-ring (bicyclic) bond motifs is 1. The molecule has 0 unspecified atom stereocenters. The summed E-state index contributed by atoms with van der Waals surface area (Å²) < 4.78 is 32.4. The predicted molar refractivity (Wildman–Crippen MR) is 91.5 cm³/mol. The fourth-order valence-corrected chi connectivity index (χ4v) is 2.82. The Kier molecular flexibility index (Phi) is 4.31. The first-order chi connectivity index (χ1) is 11.3. The van der Waals surface area contributed by atoms with E-state index >= 15 is 0 Å². The molecule has 3 aromatic rings. The van der Waals surface area contributed by atoms with Crippen molar-refractivity contribution < 1.29 is 18.1 Å². The van der Waals surface area contributed by atoms with Crippen LogP contribution >= 0.6 is 15.9 Å². The summed E-state index contributed by atoms with van der Waals surface area (Å²) in [4.78, 5) is 3.81. The number of hydrogen-bond donors (Lipinski definition) is 2. The number of rotatable bonds is 3. The molecular formula is C15H10BrN3O4S.